The van der Waals surface area contributed by atoms with Gasteiger partial charge in [-0.25, -0.2) is 8.42 Å². The number of nitrogens with zero attached hydrogens (tertiary/aromatic N) is 3. The van der Waals surface area contributed by atoms with Crippen molar-refractivity contribution in [1.82, 2.24) is 14.1 Å². The van der Waals surface area contributed by atoms with Crippen molar-refractivity contribution in [3.63, 3.8) is 0 Å². The van der Waals surface area contributed by atoms with Crippen molar-refractivity contribution in [1.29, 1.82) is 0 Å². The normalized spacial score (nSPS) is 21.6. The highest BCUT2D eigenvalue weighted by atomic mass is 35.5. The molecule has 0 saturated carbocycles. The molecule has 2 heterocycles. The summed E-state index contributed by atoms with van der Waals surface area (Å²) in [5.74, 6) is -0.189. The van der Waals surface area contributed by atoms with Gasteiger partial charge in [-0.15, -0.1) is 0 Å². The monoisotopic (exact) mass is 413 g/mol. The Bertz CT molecular complexity index is 806. The molecule has 3 rings (SSSR count). The third kappa shape index (κ3) is 4.16. The molecule has 1 aromatic carbocycles. The van der Waals surface area contributed by atoms with Crippen LogP contribution in [0.5, 0.6) is 0 Å². The zero-order valence-corrected chi connectivity index (χ0v) is 17.8. The lowest BCUT2D eigenvalue weighted by Gasteiger charge is -2.24. The van der Waals surface area contributed by atoms with Crippen LogP contribution in [0.2, 0.25) is 5.02 Å². The van der Waals surface area contributed by atoms with Crippen molar-refractivity contribution in [2.24, 2.45) is 0 Å². The molecule has 1 aromatic rings. The molecule has 27 heavy (non-hydrogen) atoms. The molecule has 1 amide bonds. The van der Waals surface area contributed by atoms with Crippen molar-refractivity contribution >= 4 is 27.5 Å². The number of likely N-dealkylation sites (tertiary alicyclic amines) is 2. The predicted octanol–water partition coefficient (Wildman–Crippen LogP) is 2.68. The van der Waals surface area contributed by atoms with Crippen LogP contribution in [-0.2, 0) is 10.0 Å². The van der Waals surface area contributed by atoms with E-state index in [0.29, 0.717) is 19.1 Å². The second-order valence-corrected chi connectivity index (χ2v) is 10.1. The lowest BCUT2D eigenvalue weighted by molar-refractivity contribution is 0.0780. The molecule has 2 fully saturated rings. The minimum absolute atomic E-state index is 0.0988. The number of sulfonamides is 1. The molecular weight excluding hydrogens is 386 g/mol. The Morgan fingerprint density at radius 3 is 2.52 bits per heavy atom. The van der Waals surface area contributed by atoms with E-state index in [4.69, 9.17) is 11.6 Å². The summed E-state index contributed by atoms with van der Waals surface area (Å²) >= 11 is 6.26. The van der Waals surface area contributed by atoms with E-state index in [9.17, 15) is 13.2 Å². The fraction of sp³-hybridized carbons (Fsp3) is 0.632. The summed E-state index contributed by atoms with van der Waals surface area (Å²) in [7, 11) is -2.12. The molecular formula is C19H28ClN3O3S. The molecule has 150 valence electrons. The average Bonchev–Trinajstić information content (AvgIpc) is 3.31. The molecule has 2 aliphatic rings. The van der Waals surface area contributed by atoms with Crippen molar-refractivity contribution in [3.8, 4) is 0 Å². The van der Waals surface area contributed by atoms with E-state index >= 15 is 0 Å². The largest absolute Gasteiger partial charge is 0.337 e. The minimum Gasteiger partial charge on any atom is -0.337 e. The maximum Gasteiger partial charge on any atom is 0.255 e. The lowest BCUT2D eigenvalue weighted by atomic mass is 10.2. The fourth-order valence-electron chi connectivity index (χ4n) is 3.77. The van der Waals surface area contributed by atoms with Crippen LogP contribution >= 0.6 is 11.6 Å². The van der Waals surface area contributed by atoms with Crippen LogP contribution in [-0.4, -0.2) is 73.7 Å². The summed E-state index contributed by atoms with van der Waals surface area (Å²) in [5, 5.41) is 0.288. The topological polar surface area (TPSA) is 60.9 Å². The van der Waals surface area contributed by atoms with Crippen LogP contribution < -0.4 is 0 Å². The van der Waals surface area contributed by atoms with Crippen LogP contribution in [0.15, 0.2) is 23.1 Å². The van der Waals surface area contributed by atoms with Crippen LogP contribution in [0.1, 0.15) is 43.5 Å². The molecule has 0 radical (unpaired) electrons. The Morgan fingerprint density at radius 2 is 1.89 bits per heavy atom. The number of rotatable bonds is 5. The van der Waals surface area contributed by atoms with Crippen molar-refractivity contribution in [2.75, 3.05) is 33.2 Å². The maximum atomic E-state index is 13.0. The number of halogens is 1. The van der Waals surface area contributed by atoms with E-state index in [2.05, 4.69) is 4.90 Å². The van der Waals surface area contributed by atoms with Gasteiger partial charge in [0.15, 0.2) is 0 Å². The molecule has 1 atom stereocenters. The quantitative estimate of drug-likeness (QED) is 0.744. The summed E-state index contributed by atoms with van der Waals surface area (Å²) in [5.41, 5.74) is 0.261. The smallest absolute Gasteiger partial charge is 0.255 e. The van der Waals surface area contributed by atoms with Gasteiger partial charge in [0.25, 0.3) is 5.91 Å². The van der Waals surface area contributed by atoms with E-state index in [1.807, 2.05) is 13.8 Å². The predicted molar refractivity (Wildman–Crippen MR) is 107 cm³/mol. The number of benzene rings is 1. The third-order valence-corrected chi connectivity index (χ3v) is 8.04. The van der Waals surface area contributed by atoms with Gasteiger partial charge in [-0.05, 0) is 64.4 Å². The first kappa shape index (κ1) is 20.6. The van der Waals surface area contributed by atoms with Crippen LogP contribution in [0.25, 0.3) is 0 Å². The zero-order chi connectivity index (χ0) is 19.8. The number of amides is 1. The second kappa shape index (κ2) is 8.07. The van der Waals surface area contributed by atoms with Crippen LogP contribution in [0, 0.1) is 0 Å². The van der Waals surface area contributed by atoms with E-state index < -0.39 is 10.0 Å². The molecule has 0 aliphatic carbocycles. The Morgan fingerprint density at radius 1 is 1.22 bits per heavy atom. The molecule has 0 aromatic heterocycles. The first-order valence-corrected chi connectivity index (χ1v) is 11.3. The van der Waals surface area contributed by atoms with Gasteiger partial charge in [0.05, 0.1) is 15.5 Å². The van der Waals surface area contributed by atoms with Crippen LogP contribution in [0.3, 0.4) is 0 Å². The average molecular weight is 414 g/mol. The van der Waals surface area contributed by atoms with Gasteiger partial charge in [-0.1, -0.05) is 11.6 Å². The first-order chi connectivity index (χ1) is 12.7. The summed E-state index contributed by atoms with van der Waals surface area (Å²) in [6.07, 6.45) is 3.40. The lowest BCUT2D eigenvalue weighted by Crippen LogP contribution is -2.37. The van der Waals surface area contributed by atoms with Gasteiger partial charge in [-0.3, -0.25) is 9.69 Å². The van der Waals surface area contributed by atoms with Gasteiger partial charge in [0, 0.05) is 32.2 Å². The molecule has 1 unspecified atom stereocenters. The Hall–Kier alpha value is -1.15. The fourth-order valence-corrected chi connectivity index (χ4v) is 5.37. The molecule has 2 saturated heterocycles. The number of carbonyl (C=O) groups excluding carboxylic acids is 1. The summed E-state index contributed by atoms with van der Waals surface area (Å²) in [4.78, 5) is 17.4. The van der Waals surface area contributed by atoms with E-state index in [1.165, 1.54) is 42.4 Å². The summed E-state index contributed by atoms with van der Waals surface area (Å²) in [6, 6.07) is 4.61. The molecule has 2 aliphatic heterocycles. The van der Waals surface area contributed by atoms with Crippen molar-refractivity contribution in [3.05, 3.63) is 28.8 Å². The van der Waals surface area contributed by atoms with Crippen LogP contribution in [0.4, 0.5) is 0 Å². The highest BCUT2D eigenvalue weighted by Gasteiger charge is 2.33. The highest BCUT2D eigenvalue weighted by Crippen LogP contribution is 2.27. The van der Waals surface area contributed by atoms with Gasteiger partial charge in [0.1, 0.15) is 0 Å². The van der Waals surface area contributed by atoms with E-state index in [1.54, 1.807) is 4.90 Å². The van der Waals surface area contributed by atoms with E-state index in [-0.39, 0.29) is 27.4 Å². The maximum absolute atomic E-state index is 13.0. The second-order valence-electron chi connectivity index (χ2n) is 7.69. The Kier molecular flexibility index (Phi) is 6.15. The Balaban J connectivity index is 1.81. The van der Waals surface area contributed by atoms with Gasteiger partial charge < -0.3 is 4.90 Å². The minimum atomic E-state index is -3.66. The summed E-state index contributed by atoms with van der Waals surface area (Å²) in [6.45, 7) is 7.17. The van der Waals surface area contributed by atoms with Gasteiger partial charge in [0.2, 0.25) is 10.0 Å². The first-order valence-electron chi connectivity index (χ1n) is 9.52. The molecule has 0 spiro atoms. The van der Waals surface area contributed by atoms with Crippen molar-refractivity contribution in [2.45, 2.75) is 50.1 Å². The molecule has 6 nitrogen and oxygen atoms in total. The highest BCUT2D eigenvalue weighted by molar-refractivity contribution is 7.89. The van der Waals surface area contributed by atoms with Crippen molar-refractivity contribution < 1.29 is 13.2 Å². The molecule has 0 bridgehead atoms. The third-order valence-electron chi connectivity index (χ3n) is 5.68. The SMILES string of the molecule is CC(C)N(C)S(=O)(=O)c1ccc(Cl)c(C(=O)N2CCC(N3CCCC3)C2)c1. The number of hydrogen-bond donors (Lipinski definition) is 0. The zero-order valence-electron chi connectivity index (χ0n) is 16.2. The van der Waals surface area contributed by atoms with E-state index in [0.717, 1.165) is 19.5 Å². The number of hydrogen-bond acceptors (Lipinski definition) is 4. The Labute approximate surface area is 167 Å². The molecule has 0 N–H and O–H groups in total. The standard InChI is InChI=1S/C19H28ClN3O3S/c1-14(2)21(3)27(25,26)16-6-7-18(20)17(12-16)19(24)23-11-8-15(13-23)22-9-4-5-10-22/h6-7,12,14-15H,4-5,8-11,13H2,1-3H3. The number of carbonyl (C=O) groups is 1. The van der Waals surface area contributed by atoms with Gasteiger partial charge >= 0.3 is 0 Å². The molecule has 8 heteroatoms. The summed E-state index contributed by atoms with van der Waals surface area (Å²) < 4.78 is 26.8. The van der Waals surface area contributed by atoms with Gasteiger partial charge in [-0.2, -0.15) is 4.31 Å².